The van der Waals surface area contributed by atoms with Crippen LogP contribution in [0.25, 0.3) is 10.8 Å². The molecule has 0 aromatic heterocycles. The molecule has 1 amide bonds. The Morgan fingerprint density at radius 3 is 2.15 bits per heavy atom. The van der Waals surface area contributed by atoms with E-state index in [0.717, 1.165) is 10.8 Å². The van der Waals surface area contributed by atoms with Crippen molar-refractivity contribution >= 4 is 28.6 Å². The van der Waals surface area contributed by atoms with Crippen LogP contribution in [0.2, 0.25) is 0 Å². The highest BCUT2D eigenvalue weighted by Crippen LogP contribution is 2.15. The quantitative estimate of drug-likeness (QED) is 0.536. The first-order valence-electron chi connectivity index (χ1n) is 8.76. The lowest BCUT2D eigenvalue weighted by molar-refractivity contribution is -0.142. The highest BCUT2D eigenvalue weighted by molar-refractivity contribution is 5.98. The second-order valence-corrected chi connectivity index (χ2v) is 6.85. The number of hydrogen-bond donors (Lipinski definition) is 4. The standard InChI is InChI=1S/C20H24N2O5/c1-12(2)9-16(19(24)25)22-17(20(26)27)11-21-18(23)15-8-7-13-5-3-4-6-14(13)10-15/h3-8,10,12,16-17,22H,9,11H2,1-2H3,(H,21,23)(H,24,25)(H,26,27). The Hall–Kier alpha value is -2.93. The van der Waals surface area contributed by atoms with Crippen LogP contribution >= 0.6 is 0 Å². The largest absolute Gasteiger partial charge is 0.480 e. The molecule has 4 N–H and O–H groups in total. The lowest BCUT2D eigenvalue weighted by atomic mass is 10.0. The number of carboxylic acid groups (broad SMARTS) is 2. The predicted molar refractivity (Wildman–Crippen MR) is 102 cm³/mol. The molecule has 0 fully saturated rings. The Labute approximate surface area is 157 Å². The van der Waals surface area contributed by atoms with Crippen molar-refractivity contribution in [1.29, 1.82) is 0 Å². The summed E-state index contributed by atoms with van der Waals surface area (Å²) in [6.07, 6.45) is 0.289. The van der Waals surface area contributed by atoms with Gasteiger partial charge in [-0.3, -0.25) is 19.7 Å². The van der Waals surface area contributed by atoms with E-state index in [1.807, 2.05) is 44.2 Å². The van der Waals surface area contributed by atoms with Gasteiger partial charge in [-0.25, -0.2) is 0 Å². The van der Waals surface area contributed by atoms with Crippen molar-refractivity contribution in [1.82, 2.24) is 10.6 Å². The van der Waals surface area contributed by atoms with Crippen molar-refractivity contribution in [2.24, 2.45) is 5.92 Å². The van der Waals surface area contributed by atoms with Crippen molar-refractivity contribution in [3.8, 4) is 0 Å². The number of fused-ring (bicyclic) bond motifs is 1. The number of rotatable bonds is 9. The van der Waals surface area contributed by atoms with Gasteiger partial charge in [0.2, 0.25) is 0 Å². The number of nitrogens with one attached hydrogen (secondary N) is 2. The molecule has 0 aliphatic carbocycles. The van der Waals surface area contributed by atoms with Crippen LogP contribution in [-0.2, 0) is 9.59 Å². The molecule has 0 bridgehead atoms. The molecule has 144 valence electrons. The lowest BCUT2D eigenvalue weighted by Gasteiger charge is -2.22. The number of hydrogen-bond acceptors (Lipinski definition) is 4. The van der Waals surface area contributed by atoms with Crippen molar-refractivity contribution in [2.75, 3.05) is 6.54 Å². The number of carbonyl (C=O) groups excluding carboxylic acids is 1. The number of amides is 1. The summed E-state index contributed by atoms with van der Waals surface area (Å²) in [6, 6.07) is 10.6. The van der Waals surface area contributed by atoms with Gasteiger partial charge in [-0.15, -0.1) is 0 Å². The van der Waals surface area contributed by atoms with Gasteiger partial charge in [-0.2, -0.15) is 0 Å². The fraction of sp³-hybridized carbons (Fsp3) is 0.350. The van der Waals surface area contributed by atoms with Crippen LogP contribution in [0, 0.1) is 5.92 Å². The number of aliphatic carboxylic acids is 2. The fourth-order valence-corrected chi connectivity index (χ4v) is 2.80. The summed E-state index contributed by atoms with van der Waals surface area (Å²) in [6.45, 7) is 3.49. The molecule has 0 saturated carbocycles. The van der Waals surface area contributed by atoms with Crippen molar-refractivity contribution in [2.45, 2.75) is 32.4 Å². The monoisotopic (exact) mass is 372 g/mol. The van der Waals surface area contributed by atoms with Gasteiger partial charge in [0, 0.05) is 12.1 Å². The zero-order valence-electron chi connectivity index (χ0n) is 15.3. The van der Waals surface area contributed by atoms with Crippen LogP contribution in [-0.4, -0.2) is 46.7 Å². The van der Waals surface area contributed by atoms with Gasteiger partial charge < -0.3 is 15.5 Å². The van der Waals surface area contributed by atoms with Crippen LogP contribution in [0.15, 0.2) is 42.5 Å². The number of carboxylic acids is 2. The summed E-state index contributed by atoms with van der Waals surface area (Å²) < 4.78 is 0. The molecule has 0 radical (unpaired) electrons. The molecule has 0 spiro atoms. The van der Waals surface area contributed by atoms with Crippen LogP contribution in [0.1, 0.15) is 30.6 Å². The van der Waals surface area contributed by atoms with E-state index in [4.69, 9.17) is 0 Å². The van der Waals surface area contributed by atoms with Crippen molar-refractivity contribution in [3.05, 3.63) is 48.0 Å². The normalized spacial score (nSPS) is 13.3. The first-order chi connectivity index (χ1) is 12.8. The Morgan fingerprint density at radius 2 is 1.56 bits per heavy atom. The summed E-state index contributed by atoms with van der Waals surface area (Å²) in [4.78, 5) is 35.2. The molecule has 2 rings (SSSR count). The first kappa shape index (κ1) is 20.4. The third-order valence-electron chi connectivity index (χ3n) is 4.18. The van der Waals surface area contributed by atoms with E-state index in [0.29, 0.717) is 5.56 Å². The van der Waals surface area contributed by atoms with Crippen LogP contribution in [0.3, 0.4) is 0 Å². The van der Waals surface area contributed by atoms with Gasteiger partial charge >= 0.3 is 11.9 Å². The predicted octanol–water partition coefficient (Wildman–Crippen LogP) is 2.11. The van der Waals surface area contributed by atoms with Crippen LogP contribution in [0.4, 0.5) is 0 Å². The zero-order valence-corrected chi connectivity index (χ0v) is 15.3. The van der Waals surface area contributed by atoms with Crippen LogP contribution in [0.5, 0.6) is 0 Å². The molecule has 27 heavy (non-hydrogen) atoms. The third kappa shape index (κ3) is 5.79. The molecule has 0 saturated heterocycles. The average Bonchev–Trinajstić information content (AvgIpc) is 2.62. The van der Waals surface area contributed by atoms with E-state index in [1.165, 1.54) is 0 Å². The Morgan fingerprint density at radius 1 is 0.926 bits per heavy atom. The van der Waals surface area contributed by atoms with Gasteiger partial charge in [0.1, 0.15) is 12.1 Å². The van der Waals surface area contributed by atoms with E-state index in [9.17, 15) is 24.6 Å². The minimum Gasteiger partial charge on any atom is -0.480 e. The van der Waals surface area contributed by atoms with E-state index < -0.39 is 29.9 Å². The molecular weight excluding hydrogens is 348 g/mol. The Bertz CT molecular complexity index is 834. The van der Waals surface area contributed by atoms with E-state index in [-0.39, 0.29) is 18.9 Å². The molecule has 2 aromatic carbocycles. The van der Waals surface area contributed by atoms with Crippen LogP contribution < -0.4 is 10.6 Å². The molecule has 2 unspecified atom stereocenters. The van der Waals surface area contributed by atoms with Gasteiger partial charge in [-0.05, 0) is 35.2 Å². The smallest absolute Gasteiger partial charge is 0.322 e. The highest BCUT2D eigenvalue weighted by atomic mass is 16.4. The van der Waals surface area contributed by atoms with E-state index in [2.05, 4.69) is 10.6 Å². The summed E-state index contributed by atoms with van der Waals surface area (Å²) in [5, 5.41) is 25.7. The summed E-state index contributed by atoms with van der Waals surface area (Å²) in [7, 11) is 0. The summed E-state index contributed by atoms with van der Waals surface area (Å²) >= 11 is 0. The summed E-state index contributed by atoms with van der Waals surface area (Å²) in [5.41, 5.74) is 0.412. The molecule has 0 aliphatic heterocycles. The lowest BCUT2D eigenvalue weighted by Crippen LogP contribution is -2.52. The van der Waals surface area contributed by atoms with E-state index in [1.54, 1.807) is 12.1 Å². The van der Waals surface area contributed by atoms with Crippen molar-refractivity contribution in [3.63, 3.8) is 0 Å². The average molecular weight is 372 g/mol. The molecule has 2 atom stereocenters. The Kier molecular flexibility index (Phi) is 6.90. The molecule has 0 heterocycles. The minimum absolute atomic E-state index is 0.0836. The van der Waals surface area contributed by atoms with Crippen molar-refractivity contribution < 1.29 is 24.6 Å². The molecule has 7 heteroatoms. The molecule has 7 nitrogen and oxygen atoms in total. The second-order valence-electron chi connectivity index (χ2n) is 6.85. The maximum Gasteiger partial charge on any atom is 0.322 e. The number of benzene rings is 2. The van der Waals surface area contributed by atoms with Gasteiger partial charge in [0.05, 0.1) is 0 Å². The topological polar surface area (TPSA) is 116 Å². The number of carbonyl (C=O) groups is 3. The fourth-order valence-electron chi connectivity index (χ4n) is 2.80. The SMILES string of the molecule is CC(C)CC(NC(CNC(=O)c1ccc2ccccc2c1)C(=O)O)C(=O)O. The maximum atomic E-state index is 12.4. The van der Waals surface area contributed by atoms with E-state index >= 15 is 0 Å². The minimum atomic E-state index is -1.22. The Balaban J connectivity index is 2.04. The third-order valence-corrected chi connectivity index (χ3v) is 4.18. The highest BCUT2D eigenvalue weighted by Gasteiger charge is 2.27. The second kappa shape index (κ2) is 9.14. The molecule has 2 aromatic rings. The van der Waals surface area contributed by atoms with Gasteiger partial charge in [0.15, 0.2) is 0 Å². The maximum absolute atomic E-state index is 12.4. The summed E-state index contributed by atoms with van der Waals surface area (Å²) in [5.74, 6) is -2.66. The zero-order chi connectivity index (χ0) is 20.0. The molecule has 0 aliphatic rings. The molecular formula is C20H24N2O5. The van der Waals surface area contributed by atoms with Gasteiger partial charge in [0.25, 0.3) is 5.91 Å². The van der Waals surface area contributed by atoms with Gasteiger partial charge in [-0.1, -0.05) is 44.2 Å². The first-order valence-corrected chi connectivity index (χ1v) is 8.76.